The fraction of sp³-hybridized carbons (Fsp3) is 0.450. The van der Waals surface area contributed by atoms with E-state index in [0.29, 0.717) is 24.3 Å². The van der Waals surface area contributed by atoms with Crippen molar-refractivity contribution in [1.29, 1.82) is 0 Å². The van der Waals surface area contributed by atoms with Gasteiger partial charge in [0.15, 0.2) is 10.8 Å². The van der Waals surface area contributed by atoms with Crippen LogP contribution < -0.4 is 27.2 Å². The second-order valence-electron chi connectivity index (χ2n) is 7.53. The number of aromatic amines is 1. The predicted octanol–water partition coefficient (Wildman–Crippen LogP) is 1.19. The van der Waals surface area contributed by atoms with Gasteiger partial charge in [-0.1, -0.05) is 30.3 Å². The molecule has 1 aliphatic carbocycles. The molecule has 1 saturated carbocycles. The summed E-state index contributed by atoms with van der Waals surface area (Å²) in [4.78, 5) is 29.3. The van der Waals surface area contributed by atoms with Crippen molar-refractivity contribution in [2.75, 3.05) is 23.8 Å². The van der Waals surface area contributed by atoms with Crippen LogP contribution in [0.4, 0.5) is 11.5 Å². The topological polar surface area (TPSA) is 105 Å². The van der Waals surface area contributed by atoms with Crippen molar-refractivity contribution in [3.8, 4) is 0 Å². The number of benzene rings is 1. The maximum absolute atomic E-state index is 12.8. The average Bonchev–Trinajstić information content (AvgIpc) is 3.36. The predicted molar refractivity (Wildman–Crippen MR) is 116 cm³/mol. The van der Waals surface area contributed by atoms with Gasteiger partial charge in [-0.05, 0) is 43.5 Å². The van der Waals surface area contributed by atoms with E-state index in [-0.39, 0.29) is 24.2 Å². The van der Waals surface area contributed by atoms with Crippen LogP contribution in [0.25, 0.3) is 0 Å². The minimum Gasteiger partial charge on any atom is -0.383 e. The van der Waals surface area contributed by atoms with Crippen LogP contribution in [0.3, 0.4) is 0 Å². The maximum atomic E-state index is 12.8. The summed E-state index contributed by atoms with van der Waals surface area (Å²) in [6, 6.07) is 9.81. The van der Waals surface area contributed by atoms with Crippen LogP contribution in [0.1, 0.15) is 31.2 Å². The van der Waals surface area contributed by atoms with Gasteiger partial charge >= 0.3 is 5.69 Å². The van der Waals surface area contributed by atoms with Gasteiger partial charge in [-0.15, -0.1) is 0 Å². The first-order chi connectivity index (χ1) is 14.0. The van der Waals surface area contributed by atoms with Crippen LogP contribution in [0.2, 0.25) is 0 Å². The summed E-state index contributed by atoms with van der Waals surface area (Å²) in [5.41, 5.74) is 6.37. The molecule has 2 fully saturated rings. The number of thiocarbonyl (C=S) groups is 1. The quantitative estimate of drug-likeness (QED) is 0.609. The number of nitrogen functional groups attached to an aromatic ring is 1. The fourth-order valence-corrected chi connectivity index (χ4v) is 3.84. The Labute approximate surface area is 173 Å². The van der Waals surface area contributed by atoms with E-state index in [4.69, 9.17) is 22.7 Å². The fourth-order valence-electron chi connectivity index (χ4n) is 3.51. The van der Waals surface area contributed by atoms with Crippen LogP contribution in [-0.2, 0) is 11.3 Å². The molecule has 1 aromatic carbocycles. The number of rotatable bonds is 6. The Kier molecular flexibility index (Phi) is 5.68. The highest BCUT2D eigenvalue weighted by molar-refractivity contribution is 7.80. The van der Waals surface area contributed by atoms with E-state index in [1.807, 2.05) is 30.3 Å². The lowest BCUT2D eigenvalue weighted by molar-refractivity contribution is 0.117. The van der Waals surface area contributed by atoms with Crippen molar-refractivity contribution >= 4 is 28.8 Å². The van der Waals surface area contributed by atoms with E-state index in [9.17, 15) is 9.59 Å². The van der Waals surface area contributed by atoms with Gasteiger partial charge in [0, 0.05) is 12.6 Å². The zero-order valence-electron chi connectivity index (χ0n) is 16.1. The lowest BCUT2D eigenvalue weighted by Crippen LogP contribution is -2.48. The largest absolute Gasteiger partial charge is 0.383 e. The second kappa shape index (κ2) is 8.38. The molecule has 1 aliphatic heterocycles. The minimum atomic E-state index is -0.547. The zero-order chi connectivity index (χ0) is 20.4. The Hall–Kier alpha value is -2.65. The van der Waals surface area contributed by atoms with Crippen LogP contribution in [0.15, 0.2) is 39.9 Å². The van der Waals surface area contributed by atoms with Gasteiger partial charge in [0.1, 0.15) is 5.82 Å². The second-order valence-corrected chi connectivity index (χ2v) is 7.92. The summed E-state index contributed by atoms with van der Waals surface area (Å²) >= 11 is 5.60. The number of ether oxygens (including phenoxy) is 1. The van der Waals surface area contributed by atoms with E-state index in [1.54, 1.807) is 4.90 Å². The van der Waals surface area contributed by atoms with Crippen LogP contribution in [-0.4, -0.2) is 40.0 Å². The molecule has 4 N–H and O–H groups in total. The summed E-state index contributed by atoms with van der Waals surface area (Å²) in [7, 11) is 0. The van der Waals surface area contributed by atoms with E-state index in [2.05, 4.69) is 10.3 Å². The first-order valence-electron chi connectivity index (χ1n) is 9.89. The molecule has 0 spiro atoms. The Morgan fingerprint density at radius 2 is 2.03 bits per heavy atom. The Bertz CT molecular complexity index is 993. The van der Waals surface area contributed by atoms with E-state index < -0.39 is 11.2 Å². The molecule has 9 heteroatoms. The SMILES string of the molecule is Nc1c(N(C[C@H]2CCCO2)C(=S)NC2CC2)c(=O)[nH]c(=O)n1Cc1ccccc1. The standard InChI is InChI=1S/C20H25N5O3S/c21-17-16(18(26)23-19(27)25(17)11-13-5-2-1-3-6-13)24(12-15-7-4-10-28-15)20(29)22-14-8-9-14/h1-3,5-6,14-15H,4,7-12,21H2,(H,22,29)(H,23,26,27)/t15-/m1/s1. The molecule has 0 bridgehead atoms. The molecule has 1 atom stereocenters. The highest BCUT2D eigenvalue weighted by Crippen LogP contribution is 2.24. The third kappa shape index (κ3) is 4.51. The van der Waals surface area contributed by atoms with Gasteiger partial charge in [-0.2, -0.15) is 0 Å². The summed E-state index contributed by atoms with van der Waals surface area (Å²) in [6.45, 7) is 1.36. The highest BCUT2D eigenvalue weighted by atomic mass is 32.1. The first-order valence-corrected chi connectivity index (χ1v) is 10.3. The molecular formula is C20H25N5O3S. The molecule has 0 amide bonds. The minimum absolute atomic E-state index is 0.0396. The third-order valence-corrected chi connectivity index (χ3v) is 5.57. The molecule has 0 radical (unpaired) electrons. The molecular weight excluding hydrogens is 390 g/mol. The molecule has 2 aliphatic rings. The molecule has 1 aromatic heterocycles. The number of nitrogens with one attached hydrogen (secondary N) is 2. The molecule has 2 heterocycles. The molecule has 8 nitrogen and oxygen atoms in total. The van der Waals surface area contributed by atoms with Crippen LogP contribution in [0.5, 0.6) is 0 Å². The van der Waals surface area contributed by atoms with E-state index in [1.165, 1.54) is 4.57 Å². The van der Waals surface area contributed by atoms with Crippen molar-refractivity contribution in [2.24, 2.45) is 0 Å². The number of hydrogen-bond acceptors (Lipinski definition) is 5. The van der Waals surface area contributed by atoms with Gasteiger partial charge in [-0.25, -0.2) is 4.79 Å². The zero-order valence-corrected chi connectivity index (χ0v) is 16.9. The van der Waals surface area contributed by atoms with Crippen molar-refractivity contribution in [3.05, 3.63) is 56.7 Å². The summed E-state index contributed by atoms with van der Waals surface area (Å²) in [5, 5.41) is 3.71. The summed E-state index contributed by atoms with van der Waals surface area (Å²) in [5.74, 6) is 0.0977. The molecule has 29 heavy (non-hydrogen) atoms. The van der Waals surface area contributed by atoms with Crippen molar-refractivity contribution in [3.63, 3.8) is 0 Å². The molecule has 0 unspecified atom stereocenters. The van der Waals surface area contributed by atoms with E-state index >= 15 is 0 Å². The molecule has 1 saturated heterocycles. The van der Waals surface area contributed by atoms with Crippen molar-refractivity contribution < 1.29 is 4.74 Å². The van der Waals surface area contributed by atoms with Crippen molar-refractivity contribution in [1.82, 2.24) is 14.9 Å². The first kappa shape index (κ1) is 19.7. The van der Waals surface area contributed by atoms with Gasteiger partial charge in [0.2, 0.25) is 0 Å². The molecule has 4 rings (SSSR count). The normalized spacial score (nSPS) is 18.6. The molecule has 154 valence electrons. The smallest absolute Gasteiger partial charge is 0.330 e. The number of nitrogens with two attached hydrogens (primary N) is 1. The highest BCUT2D eigenvalue weighted by Gasteiger charge is 2.30. The molecule has 2 aromatic rings. The lowest BCUT2D eigenvalue weighted by atomic mass is 10.2. The number of hydrogen-bond donors (Lipinski definition) is 3. The van der Waals surface area contributed by atoms with Crippen LogP contribution >= 0.6 is 12.2 Å². The van der Waals surface area contributed by atoms with Crippen molar-refractivity contribution in [2.45, 2.75) is 44.4 Å². The Morgan fingerprint density at radius 3 is 2.69 bits per heavy atom. The number of anilines is 2. The number of nitrogens with zero attached hydrogens (tertiary/aromatic N) is 2. The van der Waals surface area contributed by atoms with Gasteiger partial charge in [-0.3, -0.25) is 14.3 Å². The Morgan fingerprint density at radius 1 is 1.28 bits per heavy atom. The maximum Gasteiger partial charge on any atom is 0.330 e. The average molecular weight is 416 g/mol. The number of H-pyrrole nitrogens is 1. The monoisotopic (exact) mass is 415 g/mol. The number of aromatic nitrogens is 2. The van der Waals surface area contributed by atoms with Gasteiger partial charge < -0.3 is 20.7 Å². The Balaban J connectivity index is 1.72. The van der Waals surface area contributed by atoms with E-state index in [0.717, 1.165) is 31.2 Å². The summed E-state index contributed by atoms with van der Waals surface area (Å²) < 4.78 is 7.12. The third-order valence-electron chi connectivity index (χ3n) is 5.23. The summed E-state index contributed by atoms with van der Waals surface area (Å²) in [6.07, 6.45) is 3.92. The van der Waals surface area contributed by atoms with Gasteiger partial charge in [0.25, 0.3) is 5.56 Å². The van der Waals surface area contributed by atoms with Gasteiger partial charge in [0.05, 0.1) is 19.2 Å². The lowest BCUT2D eigenvalue weighted by Gasteiger charge is -2.29. The van der Waals surface area contributed by atoms with Crippen LogP contribution in [0, 0.1) is 0 Å².